The summed E-state index contributed by atoms with van der Waals surface area (Å²) < 4.78 is 0. The first-order valence-corrected chi connectivity index (χ1v) is 11.2. The van der Waals surface area contributed by atoms with Gasteiger partial charge < -0.3 is 10.2 Å². The van der Waals surface area contributed by atoms with Crippen molar-refractivity contribution < 1.29 is 4.79 Å². The fourth-order valence-electron chi connectivity index (χ4n) is 4.44. The number of carbonyl (C=O) groups is 1. The molecule has 5 nitrogen and oxygen atoms in total. The third-order valence-electron chi connectivity index (χ3n) is 6.01. The van der Waals surface area contributed by atoms with E-state index in [1.807, 2.05) is 18.3 Å². The summed E-state index contributed by atoms with van der Waals surface area (Å²) in [4.78, 5) is 27.3. The first-order valence-electron chi connectivity index (χ1n) is 10.4. The minimum Gasteiger partial charge on any atom is -0.356 e. The van der Waals surface area contributed by atoms with Crippen molar-refractivity contribution in [2.24, 2.45) is 5.92 Å². The number of piperidine rings is 1. The zero-order valence-electron chi connectivity index (χ0n) is 16.7. The second kappa shape index (κ2) is 7.74. The Hall–Kier alpha value is -1.69. The van der Waals surface area contributed by atoms with Crippen molar-refractivity contribution in [2.45, 2.75) is 71.8 Å². The molecule has 1 N–H and O–H groups in total. The van der Waals surface area contributed by atoms with Crippen LogP contribution < -0.4 is 10.2 Å². The number of nitrogens with zero attached hydrogens (tertiary/aromatic N) is 3. The van der Waals surface area contributed by atoms with Gasteiger partial charge in [0.2, 0.25) is 5.91 Å². The second-order valence-corrected chi connectivity index (χ2v) is 9.14. The van der Waals surface area contributed by atoms with Crippen molar-refractivity contribution in [3.05, 3.63) is 16.3 Å². The Kier molecular flexibility index (Phi) is 5.35. The van der Waals surface area contributed by atoms with Crippen LogP contribution in [-0.2, 0) is 17.6 Å². The Morgan fingerprint density at radius 3 is 2.96 bits per heavy atom. The lowest BCUT2D eigenvalue weighted by Gasteiger charge is -2.38. The number of anilines is 1. The molecular weight excluding hydrogens is 356 g/mol. The average molecular weight is 387 g/mol. The fraction of sp³-hybridized carbons (Fsp3) is 0.667. The molecule has 3 heterocycles. The highest BCUT2D eigenvalue weighted by atomic mass is 32.1. The standard InChI is InChI=1S/C21H30N4OS/c1-4-5-11-22-20(26)15-10-9-13(2)25(12-15)19-18-16-7-6-8-17(16)27-21(18)24-14(3)23-19/h13,15H,4-12H2,1-3H3,(H,22,26). The zero-order valence-corrected chi connectivity index (χ0v) is 17.5. The number of hydrogen-bond acceptors (Lipinski definition) is 5. The molecule has 6 heteroatoms. The third kappa shape index (κ3) is 3.56. The zero-order chi connectivity index (χ0) is 19.0. The molecule has 1 saturated heterocycles. The van der Waals surface area contributed by atoms with Gasteiger partial charge in [0, 0.05) is 24.0 Å². The summed E-state index contributed by atoms with van der Waals surface area (Å²) in [5.41, 5.74) is 1.46. The van der Waals surface area contributed by atoms with Crippen LogP contribution in [0.3, 0.4) is 0 Å². The minimum absolute atomic E-state index is 0.0510. The van der Waals surface area contributed by atoms with Crippen LogP contribution >= 0.6 is 11.3 Å². The predicted octanol–water partition coefficient (Wildman–Crippen LogP) is 4.01. The number of amides is 1. The molecule has 2 aliphatic rings. The van der Waals surface area contributed by atoms with Gasteiger partial charge >= 0.3 is 0 Å². The maximum absolute atomic E-state index is 12.7. The van der Waals surface area contributed by atoms with E-state index < -0.39 is 0 Å². The van der Waals surface area contributed by atoms with Crippen molar-refractivity contribution in [1.82, 2.24) is 15.3 Å². The smallest absolute Gasteiger partial charge is 0.224 e. The number of carbonyl (C=O) groups excluding carboxylic acids is 1. The average Bonchev–Trinajstić information content (AvgIpc) is 3.22. The van der Waals surface area contributed by atoms with Crippen LogP contribution in [-0.4, -0.2) is 35.0 Å². The summed E-state index contributed by atoms with van der Waals surface area (Å²) in [6.45, 7) is 7.95. The van der Waals surface area contributed by atoms with Gasteiger partial charge in [-0.1, -0.05) is 13.3 Å². The lowest BCUT2D eigenvalue weighted by molar-refractivity contribution is -0.125. The van der Waals surface area contributed by atoms with Crippen LogP contribution in [0.15, 0.2) is 0 Å². The van der Waals surface area contributed by atoms with Crippen LogP contribution in [0.4, 0.5) is 5.82 Å². The molecule has 0 spiro atoms. The van der Waals surface area contributed by atoms with E-state index in [4.69, 9.17) is 9.97 Å². The molecular formula is C21H30N4OS. The maximum Gasteiger partial charge on any atom is 0.224 e. The van der Waals surface area contributed by atoms with E-state index in [2.05, 4.69) is 24.1 Å². The molecule has 2 aromatic rings. The Bertz CT molecular complexity index is 846. The SMILES string of the molecule is CCCCNC(=O)C1CCC(C)N(c2nc(C)nc3sc4c(c23)CCC4)C1. The van der Waals surface area contributed by atoms with Gasteiger partial charge in [0.25, 0.3) is 0 Å². The van der Waals surface area contributed by atoms with Crippen molar-refractivity contribution >= 4 is 33.3 Å². The quantitative estimate of drug-likeness (QED) is 0.789. The molecule has 146 valence electrons. The first-order chi connectivity index (χ1) is 13.1. The van der Waals surface area contributed by atoms with Gasteiger partial charge in [-0.25, -0.2) is 9.97 Å². The van der Waals surface area contributed by atoms with Crippen LogP contribution in [0.5, 0.6) is 0 Å². The molecule has 0 bridgehead atoms. The number of aryl methyl sites for hydroxylation is 3. The summed E-state index contributed by atoms with van der Waals surface area (Å²) in [5.74, 6) is 2.16. The van der Waals surface area contributed by atoms with Gasteiger partial charge in [-0.3, -0.25) is 4.79 Å². The molecule has 1 aliphatic heterocycles. The van der Waals surface area contributed by atoms with Crippen molar-refractivity contribution in [2.75, 3.05) is 18.0 Å². The Morgan fingerprint density at radius 2 is 2.15 bits per heavy atom. The number of thiophene rings is 1. The van der Waals surface area contributed by atoms with Crippen molar-refractivity contribution in [3.8, 4) is 0 Å². The predicted molar refractivity (Wildman–Crippen MR) is 112 cm³/mol. The van der Waals surface area contributed by atoms with Crippen LogP contribution in [0.2, 0.25) is 0 Å². The molecule has 2 aromatic heterocycles. The van der Waals surface area contributed by atoms with E-state index in [1.165, 1.54) is 28.7 Å². The summed E-state index contributed by atoms with van der Waals surface area (Å²) in [6, 6.07) is 0.402. The van der Waals surface area contributed by atoms with Crippen molar-refractivity contribution in [1.29, 1.82) is 0 Å². The van der Waals surface area contributed by atoms with Gasteiger partial charge in [-0.15, -0.1) is 11.3 Å². The van der Waals surface area contributed by atoms with Gasteiger partial charge in [-0.05, 0) is 57.9 Å². The highest BCUT2D eigenvalue weighted by Crippen LogP contribution is 2.42. The summed E-state index contributed by atoms with van der Waals surface area (Å²) in [6.07, 6.45) is 7.70. The van der Waals surface area contributed by atoms with E-state index >= 15 is 0 Å². The molecule has 2 unspecified atom stereocenters. The molecule has 0 saturated carbocycles. The highest BCUT2D eigenvalue weighted by Gasteiger charge is 2.33. The van der Waals surface area contributed by atoms with Gasteiger partial charge in [0.05, 0.1) is 11.3 Å². The summed E-state index contributed by atoms with van der Waals surface area (Å²) in [5, 5.41) is 4.39. The van der Waals surface area contributed by atoms with Crippen LogP contribution in [0.25, 0.3) is 10.2 Å². The Morgan fingerprint density at radius 1 is 1.30 bits per heavy atom. The third-order valence-corrected chi connectivity index (χ3v) is 7.20. The molecule has 1 aliphatic carbocycles. The molecule has 1 amide bonds. The van der Waals surface area contributed by atoms with Crippen molar-refractivity contribution in [3.63, 3.8) is 0 Å². The normalized spacial score (nSPS) is 22.3. The second-order valence-electron chi connectivity index (χ2n) is 8.05. The van der Waals surface area contributed by atoms with Crippen LogP contribution in [0, 0.1) is 12.8 Å². The topological polar surface area (TPSA) is 58.1 Å². The maximum atomic E-state index is 12.7. The number of unbranched alkanes of at least 4 members (excludes halogenated alkanes) is 1. The Balaban J connectivity index is 1.64. The lowest BCUT2D eigenvalue weighted by atomic mass is 9.92. The number of hydrogen-bond donors (Lipinski definition) is 1. The number of aromatic nitrogens is 2. The summed E-state index contributed by atoms with van der Waals surface area (Å²) in [7, 11) is 0. The number of nitrogens with one attached hydrogen (secondary N) is 1. The summed E-state index contributed by atoms with van der Waals surface area (Å²) >= 11 is 1.84. The van der Waals surface area contributed by atoms with E-state index in [1.54, 1.807) is 0 Å². The van der Waals surface area contributed by atoms with Gasteiger partial charge in [0.1, 0.15) is 16.5 Å². The molecule has 0 aromatic carbocycles. The van der Waals surface area contributed by atoms with E-state index in [0.29, 0.717) is 6.04 Å². The molecule has 27 heavy (non-hydrogen) atoms. The van der Waals surface area contributed by atoms with E-state index in [-0.39, 0.29) is 11.8 Å². The van der Waals surface area contributed by atoms with E-state index in [9.17, 15) is 4.79 Å². The number of rotatable bonds is 5. The molecule has 0 radical (unpaired) electrons. The van der Waals surface area contributed by atoms with Gasteiger partial charge in [0.15, 0.2) is 0 Å². The lowest BCUT2D eigenvalue weighted by Crippen LogP contribution is -2.47. The fourth-order valence-corrected chi connectivity index (χ4v) is 5.74. The largest absolute Gasteiger partial charge is 0.356 e. The monoisotopic (exact) mass is 386 g/mol. The minimum atomic E-state index is 0.0510. The Labute approximate surface area is 165 Å². The van der Waals surface area contributed by atoms with E-state index in [0.717, 1.165) is 61.7 Å². The molecule has 1 fully saturated rings. The highest BCUT2D eigenvalue weighted by molar-refractivity contribution is 7.19. The van der Waals surface area contributed by atoms with Gasteiger partial charge in [-0.2, -0.15) is 0 Å². The molecule has 2 atom stereocenters. The molecule has 4 rings (SSSR count). The number of fused-ring (bicyclic) bond motifs is 3. The first kappa shape index (κ1) is 18.7. The van der Waals surface area contributed by atoms with Crippen LogP contribution in [0.1, 0.15) is 62.2 Å².